The highest BCUT2D eigenvalue weighted by Crippen LogP contribution is 2.53. The van der Waals surface area contributed by atoms with Crippen molar-refractivity contribution in [1.82, 2.24) is 5.32 Å². The molecule has 4 rings (SSSR count). The second kappa shape index (κ2) is 9.05. The van der Waals surface area contributed by atoms with Crippen LogP contribution in [0.25, 0.3) is 0 Å². The van der Waals surface area contributed by atoms with Crippen molar-refractivity contribution in [1.29, 1.82) is 0 Å². The molecule has 29 heavy (non-hydrogen) atoms. The zero-order chi connectivity index (χ0) is 19.7. The highest BCUT2D eigenvalue weighted by atomic mass is 35.5. The molecule has 156 valence electrons. The van der Waals surface area contributed by atoms with Gasteiger partial charge >= 0.3 is 0 Å². The minimum Gasteiger partial charge on any atom is -0.389 e. The van der Waals surface area contributed by atoms with E-state index >= 15 is 0 Å². The first-order valence-corrected chi connectivity index (χ1v) is 10.5. The maximum Gasteiger partial charge on any atom is 0.238 e. The number of hydrogen-bond acceptors (Lipinski definition) is 3. The second-order valence-electron chi connectivity index (χ2n) is 7.96. The second-order valence-corrected chi connectivity index (χ2v) is 8.40. The largest absolute Gasteiger partial charge is 0.389 e. The summed E-state index contributed by atoms with van der Waals surface area (Å²) in [7, 11) is 1.81. The van der Waals surface area contributed by atoms with Crippen LogP contribution in [-0.2, 0) is 10.2 Å². The van der Waals surface area contributed by atoms with E-state index in [0.717, 1.165) is 42.5 Å². The van der Waals surface area contributed by atoms with E-state index in [4.69, 9.17) is 11.6 Å². The molecule has 6 heteroatoms. The topological polar surface area (TPSA) is 52.6 Å². The molecular weight excluding hydrogens is 407 g/mol. The molecule has 1 heterocycles. The molecule has 1 aliphatic carbocycles. The molecule has 2 aromatic rings. The van der Waals surface area contributed by atoms with Crippen LogP contribution in [-0.4, -0.2) is 30.7 Å². The summed E-state index contributed by atoms with van der Waals surface area (Å²) >= 11 is 6.34. The zero-order valence-electron chi connectivity index (χ0n) is 16.6. The molecule has 1 spiro atoms. The van der Waals surface area contributed by atoms with E-state index in [1.54, 1.807) is 0 Å². The number of likely N-dealkylation sites (N-methyl/N-ethyl adjacent to an activating group) is 1. The van der Waals surface area contributed by atoms with Gasteiger partial charge in [0.25, 0.3) is 0 Å². The van der Waals surface area contributed by atoms with Crippen LogP contribution >= 0.6 is 24.0 Å². The lowest BCUT2D eigenvalue weighted by Crippen LogP contribution is -2.47. The van der Waals surface area contributed by atoms with Gasteiger partial charge in [-0.3, -0.25) is 4.79 Å². The van der Waals surface area contributed by atoms with Gasteiger partial charge in [-0.15, -0.1) is 12.4 Å². The fourth-order valence-corrected chi connectivity index (χ4v) is 5.16. The Hall–Kier alpha value is -1.59. The Kier molecular flexibility index (Phi) is 6.90. The minimum atomic E-state index is -0.734. The quantitative estimate of drug-likeness (QED) is 0.720. The number of benzene rings is 2. The number of fused-ring (bicyclic) bond motifs is 2. The monoisotopic (exact) mass is 434 g/mol. The van der Waals surface area contributed by atoms with Gasteiger partial charge in [0.1, 0.15) is 0 Å². The number of nitrogens with zero attached hydrogens (tertiary/aromatic N) is 1. The first-order valence-electron chi connectivity index (χ1n) is 10.1. The molecular formula is C23H28Cl2N2O2. The van der Waals surface area contributed by atoms with Crippen molar-refractivity contribution < 1.29 is 9.90 Å². The van der Waals surface area contributed by atoms with Crippen LogP contribution in [0.2, 0.25) is 5.02 Å². The van der Waals surface area contributed by atoms with Crippen LogP contribution in [0.3, 0.4) is 0 Å². The van der Waals surface area contributed by atoms with E-state index in [-0.39, 0.29) is 18.3 Å². The summed E-state index contributed by atoms with van der Waals surface area (Å²) in [5.41, 5.74) is 2.37. The van der Waals surface area contributed by atoms with Gasteiger partial charge < -0.3 is 15.3 Å². The molecule has 2 atom stereocenters. The Labute approximate surface area is 183 Å². The van der Waals surface area contributed by atoms with Crippen molar-refractivity contribution in [3.63, 3.8) is 0 Å². The SMILES string of the molecule is CNC[C@@H](O)[C@H](c1ccccc1)N1C(=O)C2(CCCCC2)c2ccc(Cl)cc21.Cl. The van der Waals surface area contributed by atoms with Gasteiger partial charge in [0.2, 0.25) is 5.91 Å². The number of halogens is 2. The lowest BCUT2D eigenvalue weighted by Gasteiger charge is -2.36. The smallest absolute Gasteiger partial charge is 0.238 e. The summed E-state index contributed by atoms with van der Waals surface area (Å²) in [6.45, 7) is 0.395. The van der Waals surface area contributed by atoms with E-state index in [9.17, 15) is 9.90 Å². The number of anilines is 1. The van der Waals surface area contributed by atoms with Gasteiger partial charge in [-0.05, 0) is 43.1 Å². The maximum absolute atomic E-state index is 13.9. The number of aliphatic hydroxyl groups excluding tert-OH is 1. The standard InChI is InChI=1S/C23H27ClN2O2.ClH/c1-25-15-20(27)21(16-8-4-2-5-9-16)26-19-14-17(24)10-11-18(19)23(22(26)28)12-6-3-7-13-23;/h2,4-5,8-11,14,20-21,25,27H,3,6-7,12-13,15H2,1H3;1H/t20-,21+;/m1./s1. The number of aliphatic hydroxyl groups is 1. The third-order valence-electron chi connectivity index (χ3n) is 6.27. The third kappa shape index (κ3) is 3.79. The molecule has 0 aromatic heterocycles. The van der Waals surface area contributed by atoms with E-state index in [1.165, 1.54) is 6.42 Å². The fourth-order valence-electron chi connectivity index (χ4n) is 4.99. The Balaban J connectivity index is 0.00000240. The van der Waals surface area contributed by atoms with Gasteiger partial charge in [-0.2, -0.15) is 0 Å². The van der Waals surface area contributed by atoms with E-state index in [0.29, 0.717) is 11.6 Å². The van der Waals surface area contributed by atoms with E-state index in [1.807, 2.05) is 60.5 Å². The molecule has 0 unspecified atom stereocenters. The highest BCUT2D eigenvalue weighted by molar-refractivity contribution is 6.31. The van der Waals surface area contributed by atoms with Crippen molar-refractivity contribution >= 4 is 35.6 Å². The van der Waals surface area contributed by atoms with Crippen LogP contribution in [0, 0.1) is 0 Å². The molecule has 0 saturated heterocycles. The lowest BCUT2D eigenvalue weighted by atomic mass is 9.70. The van der Waals surface area contributed by atoms with Gasteiger partial charge in [-0.1, -0.05) is 67.3 Å². The van der Waals surface area contributed by atoms with Crippen molar-refractivity contribution in [2.45, 2.75) is 49.7 Å². The molecule has 1 fully saturated rings. The number of hydrogen-bond donors (Lipinski definition) is 2. The molecule has 0 radical (unpaired) electrons. The summed E-state index contributed by atoms with van der Waals surface area (Å²) in [4.78, 5) is 15.7. The molecule has 0 bridgehead atoms. The Morgan fingerprint density at radius 3 is 2.48 bits per heavy atom. The number of amides is 1. The summed E-state index contributed by atoms with van der Waals surface area (Å²) in [6.07, 6.45) is 4.26. The number of carbonyl (C=O) groups is 1. The molecule has 4 nitrogen and oxygen atoms in total. The van der Waals surface area contributed by atoms with Crippen molar-refractivity contribution in [2.75, 3.05) is 18.5 Å². The van der Waals surface area contributed by atoms with Crippen molar-refractivity contribution in [2.24, 2.45) is 0 Å². The molecule has 2 aromatic carbocycles. The van der Waals surface area contributed by atoms with Gasteiger partial charge in [-0.25, -0.2) is 0 Å². The Morgan fingerprint density at radius 1 is 1.14 bits per heavy atom. The molecule has 1 aliphatic heterocycles. The van der Waals surface area contributed by atoms with Crippen molar-refractivity contribution in [3.8, 4) is 0 Å². The van der Waals surface area contributed by atoms with Crippen LogP contribution < -0.4 is 10.2 Å². The molecule has 2 N–H and O–H groups in total. The fraction of sp³-hybridized carbons (Fsp3) is 0.435. The van der Waals surface area contributed by atoms with Gasteiger partial charge in [0, 0.05) is 11.6 Å². The van der Waals surface area contributed by atoms with E-state index in [2.05, 4.69) is 5.32 Å². The predicted molar refractivity (Wildman–Crippen MR) is 120 cm³/mol. The van der Waals surface area contributed by atoms with E-state index < -0.39 is 17.6 Å². The number of rotatable bonds is 5. The molecule has 1 amide bonds. The summed E-state index contributed by atoms with van der Waals surface area (Å²) < 4.78 is 0. The third-order valence-corrected chi connectivity index (χ3v) is 6.50. The molecule has 2 aliphatic rings. The first kappa shape index (κ1) is 22.1. The Morgan fingerprint density at radius 2 is 1.83 bits per heavy atom. The number of carbonyl (C=O) groups excluding carboxylic acids is 1. The average molecular weight is 435 g/mol. The molecule has 1 saturated carbocycles. The van der Waals surface area contributed by atoms with Crippen molar-refractivity contribution in [3.05, 3.63) is 64.7 Å². The minimum absolute atomic E-state index is 0. The zero-order valence-corrected chi connectivity index (χ0v) is 18.2. The van der Waals surface area contributed by atoms with Crippen LogP contribution in [0.1, 0.15) is 49.3 Å². The summed E-state index contributed by atoms with van der Waals surface area (Å²) in [5.74, 6) is 0.105. The summed E-state index contributed by atoms with van der Waals surface area (Å²) in [6, 6.07) is 15.1. The first-order chi connectivity index (χ1) is 13.6. The lowest BCUT2D eigenvalue weighted by molar-refractivity contribution is -0.125. The Bertz CT molecular complexity index is 853. The average Bonchev–Trinajstić information content (AvgIpc) is 2.92. The van der Waals surface area contributed by atoms with Crippen LogP contribution in [0.4, 0.5) is 5.69 Å². The normalized spacial score (nSPS) is 19.6. The van der Waals surface area contributed by atoms with Gasteiger partial charge in [0.05, 0.1) is 23.2 Å². The predicted octanol–water partition coefficient (Wildman–Crippen LogP) is 4.63. The summed E-state index contributed by atoms with van der Waals surface area (Å²) in [5, 5.41) is 14.7. The maximum atomic E-state index is 13.9. The highest BCUT2D eigenvalue weighted by Gasteiger charge is 2.53. The van der Waals surface area contributed by atoms with Crippen LogP contribution in [0.15, 0.2) is 48.5 Å². The van der Waals surface area contributed by atoms with Crippen LogP contribution in [0.5, 0.6) is 0 Å². The number of nitrogens with one attached hydrogen (secondary N) is 1. The van der Waals surface area contributed by atoms with Gasteiger partial charge in [0.15, 0.2) is 0 Å².